The Labute approximate surface area is 103 Å². The second-order valence-corrected chi connectivity index (χ2v) is 4.72. The van der Waals surface area contributed by atoms with Gasteiger partial charge in [0.2, 0.25) is 0 Å². The summed E-state index contributed by atoms with van der Waals surface area (Å²) in [6.45, 7) is 2.76. The van der Waals surface area contributed by atoms with Crippen molar-refractivity contribution in [2.45, 2.75) is 38.2 Å². The maximum absolute atomic E-state index is 5.88. The van der Waals surface area contributed by atoms with E-state index in [4.69, 9.17) is 15.2 Å². The fraction of sp³-hybridized carbons (Fsp3) is 0.571. The first kappa shape index (κ1) is 12.2. The van der Waals surface area contributed by atoms with E-state index >= 15 is 0 Å². The van der Waals surface area contributed by atoms with Crippen molar-refractivity contribution in [3.63, 3.8) is 0 Å². The minimum absolute atomic E-state index is 0.349. The molecule has 0 bridgehead atoms. The van der Waals surface area contributed by atoms with Crippen LogP contribution in [0.25, 0.3) is 0 Å². The monoisotopic (exact) mass is 235 g/mol. The maximum Gasteiger partial charge on any atom is 0.161 e. The van der Waals surface area contributed by atoms with Gasteiger partial charge in [-0.1, -0.05) is 13.0 Å². The van der Waals surface area contributed by atoms with Crippen molar-refractivity contribution in [1.82, 2.24) is 0 Å². The fourth-order valence-corrected chi connectivity index (χ4v) is 1.89. The summed E-state index contributed by atoms with van der Waals surface area (Å²) in [4.78, 5) is 0. The lowest BCUT2D eigenvalue weighted by Crippen LogP contribution is -2.24. The molecule has 17 heavy (non-hydrogen) atoms. The van der Waals surface area contributed by atoms with Crippen LogP contribution in [-0.4, -0.2) is 19.8 Å². The van der Waals surface area contributed by atoms with Crippen LogP contribution in [-0.2, 0) is 0 Å². The Morgan fingerprint density at radius 3 is 2.65 bits per heavy atom. The summed E-state index contributed by atoms with van der Waals surface area (Å²) in [5.41, 5.74) is 6.87. The molecule has 1 saturated carbocycles. The zero-order valence-electron chi connectivity index (χ0n) is 10.6. The Kier molecular flexibility index (Phi) is 3.89. The quantitative estimate of drug-likeness (QED) is 0.853. The van der Waals surface area contributed by atoms with Crippen LogP contribution >= 0.6 is 0 Å². The van der Waals surface area contributed by atoms with Crippen molar-refractivity contribution in [2.75, 3.05) is 13.7 Å². The molecule has 0 heterocycles. The van der Waals surface area contributed by atoms with Crippen LogP contribution in [0.2, 0.25) is 0 Å². The van der Waals surface area contributed by atoms with Gasteiger partial charge in [0.25, 0.3) is 0 Å². The highest BCUT2D eigenvalue weighted by Gasteiger charge is 2.21. The molecule has 2 N–H and O–H groups in total. The van der Waals surface area contributed by atoms with Crippen molar-refractivity contribution in [3.8, 4) is 11.5 Å². The molecule has 1 fully saturated rings. The standard InChI is InChI=1S/C14H21NO2/c1-10(9-15)11-6-7-13(14(8-11)16-2)17-12-4-3-5-12/h6-8,10,12H,3-5,9,15H2,1-2H3. The van der Waals surface area contributed by atoms with E-state index in [1.807, 2.05) is 12.1 Å². The van der Waals surface area contributed by atoms with E-state index in [-0.39, 0.29) is 0 Å². The predicted molar refractivity (Wildman–Crippen MR) is 68.7 cm³/mol. The van der Waals surface area contributed by atoms with Crippen molar-refractivity contribution in [2.24, 2.45) is 5.73 Å². The first-order valence-electron chi connectivity index (χ1n) is 6.29. The van der Waals surface area contributed by atoms with Gasteiger partial charge in [-0.3, -0.25) is 0 Å². The topological polar surface area (TPSA) is 44.5 Å². The summed E-state index contributed by atoms with van der Waals surface area (Å²) < 4.78 is 11.3. The van der Waals surface area contributed by atoms with E-state index in [9.17, 15) is 0 Å². The van der Waals surface area contributed by atoms with E-state index in [1.54, 1.807) is 7.11 Å². The number of nitrogens with two attached hydrogens (primary N) is 1. The van der Waals surface area contributed by atoms with Gasteiger partial charge in [-0.05, 0) is 49.4 Å². The van der Waals surface area contributed by atoms with Gasteiger partial charge in [-0.2, -0.15) is 0 Å². The molecule has 0 saturated heterocycles. The summed E-state index contributed by atoms with van der Waals surface area (Å²) in [6, 6.07) is 6.11. The molecule has 2 rings (SSSR count). The minimum atomic E-state index is 0.349. The Balaban J connectivity index is 2.15. The molecule has 1 aliphatic carbocycles. The number of methoxy groups -OCH3 is 1. The lowest BCUT2D eigenvalue weighted by Gasteiger charge is -2.27. The highest BCUT2D eigenvalue weighted by molar-refractivity contribution is 5.44. The summed E-state index contributed by atoms with van der Waals surface area (Å²) in [5, 5.41) is 0. The summed E-state index contributed by atoms with van der Waals surface area (Å²) >= 11 is 0. The van der Waals surface area contributed by atoms with Crippen molar-refractivity contribution in [3.05, 3.63) is 23.8 Å². The highest BCUT2D eigenvalue weighted by Crippen LogP contribution is 2.34. The Bertz CT molecular complexity index is 374. The number of rotatable bonds is 5. The molecule has 0 aromatic heterocycles. The predicted octanol–water partition coefficient (Wildman–Crippen LogP) is 2.69. The number of benzene rings is 1. The Morgan fingerprint density at radius 1 is 1.35 bits per heavy atom. The van der Waals surface area contributed by atoms with Gasteiger partial charge in [-0.15, -0.1) is 0 Å². The molecule has 94 valence electrons. The summed E-state index contributed by atoms with van der Waals surface area (Å²) in [5.74, 6) is 2.02. The van der Waals surface area contributed by atoms with Gasteiger partial charge in [0.1, 0.15) is 0 Å². The Morgan fingerprint density at radius 2 is 2.12 bits per heavy atom. The van der Waals surface area contributed by atoms with Crippen LogP contribution in [0, 0.1) is 0 Å². The molecule has 1 aliphatic rings. The lowest BCUT2D eigenvalue weighted by atomic mass is 9.96. The molecule has 1 unspecified atom stereocenters. The van der Waals surface area contributed by atoms with Crippen LogP contribution in [0.4, 0.5) is 0 Å². The van der Waals surface area contributed by atoms with Gasteiger partial charge in [-0.25, -0.2) is 0 Å². The summed E-state index contributed by atoms with van der Waals surface area (Å²) in [6.07, 6.45) is 3.96. The molecule has 1 aromatic rings. The zero-order chi connectivity index (χ0) is 12.3. The molecular weight excluding hydrogens is 214 g/mol. The largest absolute Gasteiger partial charge is 0.493 e. The van der Waals surface area contributed by atoms with E-state index in [0.717, 1.165) is 24.3 Å². The smallest absolute Gasteiger partial charge is 0.161 e. The first-order chi connectivity index (χ1) is 8.24. The van der Waals surface area contributed by atoms with Crippen molar-refractivity contribution >= 4 is 0 Å². The van der Waals surface area contributed by atoms with Crippen LogP contribution in [0.15, 0.2) is 18.2 Å². The molecule has 0 aliphatic heterocycles. The number of hydrogen-bond acceptors (Lipinski definition) is 3. The van der Waals surface area contributed by atoms with Gasteiger partial charge >= 0.3 is 0 Å². The fourth-order valence-electron chi connectivity index (χ4n) is 1.89. The maximum atomic E-state index is 5.88. The van der Waals surface area contributed by atoms with Gasteiger partial charge < -0.3 is 15.2 Å². The second-order valence-electron chi connectivity index (χ2n) is 4.72. The third-order valence-corrected chi connectivity index (χ3v) is 3.46. The molecule has 0 amide bonds. The van der Waals surface area contributed by atoms with E-state index < -0.39 is 0 Å². The molecular formula is C14H21NO2. The molecule has 0 spiro atoms. The normalized spacial score (nSPS) is 17.4. The number of hydrogen-bond donors (Lipinski definition) is 1. The van der Waals surface area contributed by atoms with Crippen LogP contribution in [0.1, 0.15) is 37.7 Å². The van der Waals surface area contributed by atoms with Crippen LogP contribution in [0.5, 0.6) is 11.5 Å². The van der Waals surface area contributed by atoms with E-state index in [2.05, 4.69) is 13.0 Å². The molecule has 3 heteroatoms. The van der Waals surface area contributed by atoms with Crippen LogP contribution < -0.4 is 15.2 Å². The Hall–Kier alpha value is -1.22. The molecule has 3 nitrogen and oxygen atoms in total. The minimum Gasteiger partial charge on any atom is -0.493 e. The SMILES string of the molecule is COc1cc(C(C)CN)ccc1OC1CCC1. The van der Waals surface area contributed by atoms with Gasteiger partial charge in [0.15, 0.2) is 11.5 Å². The van der Waals surface area contributed by atoms with Gasteiger partial charge in [0, 0.05) is 0 Å². The molecule has 1 aromatic carbocycles. The number of ether oxygens (including phenoxy) is 2. The second kappa shape index (κ2) is 5.41. The average molecular weight is 235 g/mol. The summed E-state index contributed by atoms with van der Waals surface area (Å²) in [7, 11) is 1.68. The molecule has 1 atom stereocenters. The highest BCUT2D eigenvalue weighted by atomic mass is 16.5. The third kappa shape index (κ3) is 2.72. The average Bonchev–Trinajstić information content (AvgIpc) is 2.32. The van der Waals surface area contributed by atoms with Gasteiger partial charge in [0.05, 0.1) is 13.2 Å². The zero-order valence-corrected chi connectivity index (χ0v) is 10.6. The van der Waals surface area contributed by atoms with Crippen molar-refractivity contribution in [1.29, 1.82) is 0 Å². The molecule has 0 radical (unpaired) electrons. The lowest BCUT2D eigenvalue weighted by molar-refractivity contribution is 0.116. The van der Waals surface area contributed by atoms with E-state index in [1.165, 1.54) is 12.0 Å². The van der Waals surface area contributed by atoms with Crippen molar-refractivity contribution < 1.29 is 9.47 Å². The van der Waals surface area contributed by atoms with Crippen LogP contribution in [0.3, 0.4) is 0 Å². The first-order valence-corrected chi connectivity index (χ1v) is 6.29. The van der Waals surface area contributed by atoms with E-state index in [0.29, 0.717) is 18.6 Å². The third-order valence-electron chi connectivity index (χ3n) is 3.46.